The minimum Gasteiger partial charge on any atom is -0.396 e. The van der Waals surface area contributed by atoms with Crippen molar-refractivity contribution in [3.05, 3.63) is 0 Å². The fraction of sp³-hybridized carbons (Fsp3) is 0.941. The van der Waals surface area contributed by atoms with Crippen molar-refractivity contribution in [2.75, 3.05) is 26.3 Å². The van der Waals surface area contributed by atoms with Crippen LogP contribution in [-0.4, -0.2) is 54.5 Å². The number of nitrogens with zero attached hydrogens (tertiary/aromatic N) is 1. The lowest BCUT2D eigenvalue weighted by Gasteiger charge is -2.52. The third-order valence-corrected chi connectivity index (χ3v) is 5.36. The molecule has 5 heteroatoms. The first-order valence-corrected chi connectivity index (χ1v) is 8.77. The number of urea groups is 1. The summed E-state index contributed by atoms with van der Waals surface area (Å²) in [5, 5.41) is 12.4. The molecule has 1 saturated carbocycles. The van der Waals surface area contributed by atoms with E-state index in [2.05, 4.69) is 26.1 Å². The van der Waals surface area contributed by atoms with Gasteiger partial charge in [-0.2, -0.15) is 0 Å². The second kappa shape index (κ2) is 7.64. The van der Waals surface area contributed by atoms with Crippen molar-refractivity contribution in [3.8, 4) is 0 Å². The molecule has 2 rings (SSSR count). The monoisotopic (exact) mass is 312 g/mol. The molecule has 0 spiro atoms. The van der Waals surface area contributed by atoms with Gasteiger partial charge in [0.1, 0.15) is 0 Å². The molecule has 1 heterocycles. The van der Waals surface area contributed by atoms with Crippen LogP contribution in [0.1, 0.15) is 52.9 Å². The number of carbonyl (C=O) groups excluding carboxylic acids is 1. The lowest BCUT2D eigenvalue weighted by atomic mass is 9.64. The predicted octanol–water partition coefficient (Wildman–Crippen LogP) is 2.38. The summed E-state index contributed by atoms with van der Waals surface area (Å²) in [5.41, 5.74) is -0.00440. The molecule has 2 amide bonds. The highest BCUT2D eigenvalue weighted by molar-refractivity contribution is 5.75. The highest BCUT2D eigenvalue weighted by atomic mass is 16.5. The van der Waals surface area contributed by atoms with Gasteiger partial charge in [0.25, 0.3) is 0 Å². The fourth-order valence-electron chi connectivity index (χ4n) is 3.42. The molecule has 2 fully saturated rings. The summed E-state index contributed by atoms with van der Waals surface area (Å²) in [7, 11) is 0. The Kier molecular flexibility index (Phi) is 6.09. The Morgan fingerprint density at radius 1 is 1.45 bits per heavy atom. The topological polar surface area (TPSA) is 61.8 Å². The summed E-state index contributed by atoms with van der Waals surface area (Å²) in [6, 6.07) is 0.198. The summed E-state index contributed by atoms with van der Waals surface area (Å²) < 4.78 is 5.93. The highest BCUT2D eigenvalue weighted by Crippen LogP contribution is 2.43. The average Bonchev–Trinajstić information content (AvgIpc) is 2.53. The van der Waals surface area contributed by atoms with Crippen LogP contribution in [0.15, 0.2) is 0 Å². The quantitative estimate of drug-likeness (QED) is 0.740. The fourth-order valence-corrected chi connectivity index (χ4v) is 3.42. The number of rotatable bonds is 6. The van der Waals surface area contributed by atoms with Gasteiger partial charge in [-0.25, -0.2) is 4.79 Å². The van der Waals surface area contributed by atoms with Crippen LogP contribution in [0.3, 0.4) is 0 Å². The summed E-state index contributed by atoms with van der Waals surface area (Å²) in [6.07, 6.45) is 5.39. The third kappa shape index (κ3) is 3.93. The number of hydrogen-bond donors (Lipinski definition) is 2. The van der Waals surface area contributed by atoms with Crippen LogP contribution in [0.5, 0.6) is 0 Å². The minimum absolute atomic E-state index is 0.00440. The van der Waals surface area contributed by atoms with Crippen molar-refractivity contribution in [3.63, 3.8) is 0 Å². The Labute approximate surface area is 134 Å². The summed E-state index contributed by atoms with van der Waals surface area (Å²) >= 11 is 0. The molecular formula is C17H32N2O3. The molecule has 3 atom stereocenters. The Morgan fingerprint density at radius 2 is 2.23 bits per heavy atom. The normalized spacial score (nSPS) is 30.7. The first kappa shape index (κ1) is 17.5. The zero-order valence-corrected chi connectivity index (χ0v) is 14.3. The molecule has 2 N–H and O–H groups in total. The van der Waals surface area contributed by atoms with Gasteiger partial charge < -0.3 is 20.1 Å². The maximum Gasteiger partial charge on any atom is 0.317 e. The number of amides is 2. The van der Waals surface area contributed by atoms with Crippen LogP contribution in [-0.2, 0) is 4.74 Å². The number of ether oxygens (including phenoxy) is 1. The first-order valence-electron chi connectivity index (χ1n) is 8.77. The van der Waals surface area contributed by atoms with Crippen molar-refractivity contribution in [2.45, 2.75) is 65.0 Å². The van der Waals surface area contributed by atoms with Gasteiger partial charge in [-0.1, -0.05) is 27.2 Å². The van der Waals surface area contributed by atoms with Gasteiger partial charge in [-0.3, -0.25) is 0 Å². The van der Waals surface area contributed by atoms with E-state index in [1.807, 2.05) is 4.90 Å². The number of aliphatic hydroxyl groups is 1. The number of carbonyl (C=O) groups is 1. The molecule has 0 aromatic heterocycles. The van der Waals surface area contributed by atoms with Crippen LogP contribution in [0.2, 0.25) is 0 Å². The number of unbranched alkanes of at least 4 members (excludes halogenated alkanes) is 1. The van der Waals surface area contributed by atoms with Crippen LogP contribution in [0.25, 0.3) is 0 Å². The van der Waals surface area contributed by atoms with E-state index in [1.54, 1.807) is 0 Å². The molecule has 1 saturated heterocycles. The molecule has 0 bridgehead atoms. The maximum atomic E-state index is 12.4. The van der Waals surface area contributed by atoms with Crippen molar-refractivity contribution < 1.29 is 14.6 Å². The number of nitrogens with one attached hydrogen (secondary N) is 1. The number of hydrogen-bond acceptors (Lipinski definition) is 3. The predicted molar refractivity (Wildman–Crippen MR) is 86.7 cm³/mol. The van der Waals surface area contributed by atoms with Crippen molar-refractivity contribution >= 4 is 6.03 Å². The van der Waals surface area contributed by atoms with Crippen LogP contribution < -0.4 is 5.32 Å². The van der Waals surface area contributed by atoms with E-state index in [0.29, 0.717) is 6.54 Å². The average molecular weight is 312 g/mol. The first-order chi connectivity index (χ1) is 10.5. The summed E-state index contributed by atoms with van der Waals surface area (Å²) in [6.45, 7) is 8.96. The summed E-state index contributed by atoms with van der Waals surface area (Å²) in [5.74, 6) is 0.235. The van der Waals surface area contributed by atoms with Gasteiger partial charge in [0.15, 0.2) is 0 Å². The van der Waals surface area contributed by atoms with E-state index >= 15 is 0 Å². The van der Waals surface area contributed by atoms with Crippen LogP contribution in [0.4, 0.5) is 4.79 Å². The Balaban J connectivity index is 1.78. The maximum absolute atomic E-state index is 12.4. The number of piperidine rings is 1. The molecule has 128 valence electrons. The lowest BCUT2D eigenvalue weighted by molar-refractivity contribution is -0.115. The van der Waals surface area contributed by atoms with Crippen molar-refractivity contribution in [1.29, 1.82) is 0 Å². The van der Waals surface area contributed by atoms with E-state index in [9.17, 15) is 9.90 Å². The number of likely N-dealkylation sites (tertiary alicyclic amines) is 1. The summed E-state index contributed by atoms with van der Waals surface area (Å²) in [4.78, 5) is 14.3. The van der Waals surface area contributed by atoms with Gasteiger partial charge in [-0.05, 0) is 31.6 Å². The smallest absolute Gasteiger partial charge is 0.317 e. The van der Waals surface area contributed by atoms with E-state index < -0.39 is 0 Å². The Hall–Kier alpha value is -0.810. The van der Waals surface area contributed by atoms with Crippen LogP contribution >= 0.6 is 0 Å². The zero-order valence-electron chi connectivity index (χ0n) is 14.3. The Bertz CT molecular complexity index is 373. The van der Waals surface area contributed by atoms with Crippen LogP contribution in [0, 0.1) is 11.3 Å². The highest BCUT2D eigenvalue weighted by Gasteiger charge is 2.50. The third-order valence-electron chi connectivity index (χ3n) is 5.36. The van der Waals surface area contributed by atoms with Gasteiger partial charge in [0.05, 0.1) is 6.10 Å². The van der Waals surface area contributed by atoms with E-state index in [-0.39, 0.29) is 36.1 Å². The molecule has 0 radical (unpaired) electrons. The molecule has 5 nitrogen and oxygen atoms in total. The number of aliphatic hydroxyl groups excluding tert-OH is 1. The van der Waals surface area contributed by atoms with Gasteiger partial charge in [0, 0.05) is 37.8 Å². The van der Waals surface area contributed by atoms with Crippen molar-refractivity contribution in [2.24, 2.45) is 11.3 Å². The van der Waals surface area contributed by atoms with E-state index in [1.165, 1.54) is 0 Å². The van der Waals surface area contributed by atoms with Gasteiger partial charge in [-0.15, -0.1) is 0 Å². The van der Waals surface area contributed by atoms with Gasteiger partial charge >= 0.3 is 6.03 Å². The zero-order chi connectivity index (χ0) is 16.2. The largest absolute Gasteiger partial charge is 0.396 e. The van der Waals surface area contributed by atoms with Crippen molar-refractivity contribution in [1.82, 2.24) is 10.2 Å². The Morgan fingerprint density at radius 3 is 2.86 bits per heavy atom. The van der Waals surface area contributed by atoms with Gasteiger partial charge in [0.2, 0.25) is 0 Å². The molecule has 1 aliphatic carbocycles. The minimum atomic E-state index is -0.00440. The molecule has 1 aliphatic heterocycles. The van der Waals surface area contributed by atoms with E-state index in [0.717, 1.165) is 45.3 Å². The molecule has 3 unspecified atom stereocenters. The molecule has 0 aromatic carbocycles. The molecule has 22 heavy (non-hydrogen) atoms. The second-order valence-electron chi connectivity index (χ2n) is 7.41. The molecule has 2 aliphatic rings. The standard InChI is InChI=1S/C17H32N2O3/c1-4-5-9-22-15-10-14(17(15,2)3)18-16(21)19-8-6-7-13(11-19)12-20/h13-15,20H,4-12H2,1-3H3,(H,18,21). The second-order valence-corrected chi connectivity index (χ2v) is 7.41. The molecular weight excluding hydrogens is 280 g/mol. The van der Waals surface area contributed by atoms with E-state index in [4.69, 9.17) is 4.74 Å². The lowest BCUT2D eigenvalue weighted by Crippen LogP contribution is -2.64. The SMILES string of the molecule is CCCCOC1CC(NC(=O)N2CCCC(CO)C2)C1(C)C. The molecule has 0 aromatic rings.